The monoisotopic (exact) mass is 344 g/mol. The van der Waals surface area contributed by atoms with E-state index < -0.39 is 0 Å². The van der Waals surface area contributed by atoms with Crippen molar-refractivity contribution in [3.05, 3.63) is 83.9 Å². The predicted octanol–water partition coefficient (Wildman–Crippen LogP) is 5.52. The third kappa shape index (κ3) is 3.16. The number of nitrogens with one attached hydrogen (secondary N) is 1. The molecule has 25 heavy (non-hydrogen) atoms. The maximum absolute atomic E-state index is 12.4. The highest BCUT2D eigenvalue weighted by Gasteiger charge is 2.11. The van der Waals surface area contributed by atoms with E-state index in [-0.39, 0.29) is 5.91 Å². The number of hydrogen-bond acceptors (Lipinski definition) is 3. The largest absolute Gasteiger partial charge is 0.322 e. The molecule has 0 atom stereocenters. The van der Waals surface area contributed by atoms with E-state index in [9.17, 15) is 4.79 Å². The zero-order valence-corrected chi connectivity index (χ0v) is 14.5. The lowest BCUT2D eigenvalue weighted by molar-refractivity contribution is 0.102. The maximum atomic E-state index is 12.4. The molecule has 0 aliphatic heterocycles. The van der Waals surface area contributed by atoms with E-state index in [1.807, 2.05) is 73.7 Å². The second kappa shape index (κ2) is 6.49. The Labute approximate surface area is 150 Å². The number of benzene rings is 3. The molecule has 0 aliphatic rings. The first-order valence-corrected chi connectivity index (χ1v) is 8.85. The number of carbonyl (C=O) groups excluding carboxylic acids is 1. The van der Waals surface area contributed by atoms with Crippen LogP contribution in [0.25, 0.3) is 20.8 Å². The highest BCUT2D eigenvalue weighted by Crippen LogP contribution is 2.32. The fraction of sp³-hybridized carbons (Fsp3) is 0.0476. The summed E-state index contributed by atoms with van der Waals surface area (Å²) in [6, 6.07) is 23.4. The zero-order chi connectivity index (χ0) is 17.2. The molecule has 1 aromatic heterocycles. The van der Waals surface area contributed by atoms with Crippen LogP contribution < -0.4 is 5.32 Å². The van der Waals surface area contributed by atoms with Crippen LogP contribution in [0.15, 0.2) is 72.8 Å². The van der Waals surface area contributed by atoms with Gasteiger partial charge in [0.15, 0.2) is 0 Å². The Morgan fingerprint density at radius 2 is 1.72 bits per heavy atom. The molecule has 0 radical (unpaired) electrons. The summed E-state index contributed by atoms with van der Waals surface area (Å²) in [7, 11) is 0. The van der Waals surface area contributed by atoms with Crippen LogP contribution in [-0.2, 0) is 0 Å². The molecule has 1 amide bonds. The van der Waals surface area contributed by atoms with Gasteiger partial charge < -0.3 is 5.32 Å². The fourth-order valence-electron chi connectivity index (χ4n) is 2.67. The molecule has 4 heteroatoms. The van der Waals surface area contributed by atoms with Gasteiger partial charge in [-0.3, -0.25) is 4.79 Å². The first-order chi connectivity index (χ1) is 12.2. The van der Waals surface area contributed by atoms with Crippen LogP contribution >= 0.6 is 11.3 Å². The number of amides is 1. The Hall–Kier alpha value is -2.98. The topological polar surface area (TPSA) is 42.0 Å². The van der Waals surface area contributed by atoms with E-state index in [4.69, 9.17) is 4.98 Å². The number of para-hydroxylation sites is 1. The van der Waals surface area contributed by atoms with Crippen LogP contribution in [0.1, 0.15) is 15.9 Å². The molecule has 0 unspecified atom stereocenters. The first-order valence-electron chi connectivity index (χ1n) is 8.04. The minimum Gasteiger partial charge on any atom is -0.322 e. The van der Waals surface area contributed by atoms with Gasteiger partial charge in [0.1, 0.15) is 5.01 Å². The molecule has 3 aromatic carbocycles. The Bertz CT molecular complexity index is 1020. The fourth-order valence-corrected chi connectivity index (χ4v) is 3.63. The molecule has 0 spiro atoms. The summed E-state index contributed by atoms with van der Waals surface area (Å²) < 4.78 is 1.16. The van der Waals surface area contributed by atoms with E-state index in [1.54, 1.807) is 11.3 Å². The molecule has 0 bridgehead atoms. The lowest BCUT2D eigenvalue weighted by Gasteiger charge is -2.10. The van der Waals surface area contributed by atoms with Crippen LogP contribution in [0.5, 0.6) is 0 Å². The summed E-state index contributed by atoms with van der Waals surface area (Å²) in [5, 5.41) is 3.96. The molecule has 0 saturated carbocycles. The van der Waals surface area contributed by atoms with Crippen LogP contribution in [-0.4, -0.2) is 10.9 Å². The summed E-state index contributed by atoms with van der Waals surface area (Å²) in [6.45, 7) is 1.99. The molecule has 122 valence electrons. The van der Waals surface area contributed by atoms with E-state index in [0.29, 0.717) is 5.56 Å². The number of nitrogens with zero attached hydrogens (tertiary/aromatic N) is 1. The van der Waals surface area contributed by atoms with Gasteiger partial charge in [-0.15, -0.1) is 11.3 Å². The molecule has 0 saturated heterocycles. The van der Waals surface area contributed by atoms with Crippen LogP contribution in [0.4, 0.5) is 5.69 Å². The lowest BCUT2D eigenvalue weighted by atomic mass is 10.1. The molecular weight excluding hydrogens is 328 g/mol. The van der Waals surface area contributed by atoms with Gasteiger partial charge in [0, 0.05) is 16.8 Å². The van der Waals surface area contributed by atoms with Crippen molar-refractivity contribution in [3.63, 3.8) is 0 Å². The highest BCUT2D eigenvalue weighted by molar-refractivity contribution is 7.21. The van der Waals surface area contributed by atoms with Gasteiger partial charge in [-0.2, -0.15) is 0 Å². The van der Waals surface area contributed by atoms with Gasteiger partial charge in [-0.25, -0.2) is 4.98 Å². The Balaban J connectivity index is 1.67. The van der Waals surface area contributed by atoms with Gasteiger partial charge in [0.2, 0.25) is 0 Å². The van der Waals surface area contributed by atoms with Crippen molar-refractivity contribution in [2.75, 3.05) is 5.32 Å². The number of rotatable bonds is 3. The second-order valence-corrected chi connectivity index (χ2v) is 6.87. The number of fused-ring (bicyclic) bond motifs is 1. The number of hydrogen-bond donors (Lipinski definition) is 1. The molecule has 0 fully saturated rings. The Morgan fingerprint density at radius 1 is 0.960 bits per heavy atom. The van der Waals surface area contributed by atoms with E-state index in [1.165, 1.54) is 0 Å². The number of aromatic nitrogens is 1. The average molecular weight is 344 g/mol. The van der Waals surface area contributed by atoms with Crippen molar-refractivity contribution in [2.45, 2.75) is 6.92 Å². The summed E-state index contributed by atoms with van der Waals surface area (Å²) in [5.74, 6) is -0.106. The lowest BCUT2D eigenvalue weighted by Crippen LogP contribution is -2.12. The molecule has 4 rings (SSSR count). The molecule has 1 heterocycles. The first kappa shape index (κ1) is 15.5. The number of carbonyl (C=O) groups is 1. The summed E-state index contributed by atoms with van der Waals surface area (Å²) in [4.78, 5) is 17.1. The molecule has 4 aromatic rings. The molecule has 3 nitrogen and oxygen atoms in total. The normalized spacial score (nSPS) is 10.8. The standard InChI is InChI=1S/C21H16N2OS/c1-14-11-12-16(21-23-17-9-5-6-10-19(17)25-21)13-18(14)22-20(24)15-7-3-2-4-8-15/h2-13H,1H3,(H,22,24). The smallest absolute Gasteiger partial charge is 0.255 e. The van der Waals surface area contributed by atoms with Crippen molar-refractivity contribution in [3.8, 4) is 10.6 Å². The van der Waals surface area contributed by atoms with Crippen LogP contribution in [0.3, 0.4) is 0 Å². The van der Waals surface area contributed by atoms with Gasteiger partial charge in [0.25, 0.3) is 5.91 Å². The van der Waals surface area contributed by atoms with Crippen molar-refractivity contribution < 1.29 is 4.79 Å². The number of thiazole rings is 1. The van der Waals surface area contributed by atoms with E-state index in [0.717, 1.165) is 32.0 Å². The van der Waals surface area contributed by atoms with Gasteiger partial charge >= 0.3 is 0 Å². The van der Waals surface area contributed by atoms with Crippen LogP contribution in [0, 0.1) is 6.92 Å². The van der Waals surface area contributed by atoms with Gasteiger partial charge in [-0.1, -0.05) is 42.5 Å². The van der Waals surface area contributed by atoms with Gasteiger partial charge in [-0.05, 0) is 42.8 Å². The summed E-state index contributed by atoms with van der Waals surface area (Å²) in [5.41, 5.74) is 4.49. The van der Waals surface area contributed by atoms with Crippen molar-refractivity contribution in [2.24, 2.45) is 0 Å². The zero-order valence-electron chi connectivity index (χ0n) is 13.7. The minimum absolute atomic E-state index is 0.106. The van der Waals surface area contributed by atoms with E-state index in [2.05, 4.69) is 11.4 Å². The molecule has 1 N–H and O–H groups in total. The quantitative estimate of drug-likeness (QED) is 0.531. The highest BCUT2D eigenvalue weighted by atomic mass is 32.1. The predicted molar refractivity (Wildman–Crippen MR) is 104 cm³/mol. The Morgan fingerprint density at radius 3 is 2.52 bits per heavy atom. The molecular formula is C21H16N2OS. The van der Waals surface area contributed by atoms with Crippen molar-refractivity contribution >= 4 is 33.1 Å². The summed E-state index contributed by atoms with van der Waals surface area (Å²) in [6.07, 6.45) is 0. The van der Waals surface area contributed by atoms with Gasteiger partial charge in [0.05, 0.1) is 10.2 Å². The average Bonchev–Trinajstić information content (AvgIpc) is 3.08. The molecule has 0 aliphatic carbocycles. The number of aryl methyl sites for hydroxylation is 1. The third-order valence-electron chi connectivity index (χ3n) is 4.06. The van der Waals surface area contributed by atoms with E-state index >= 15 is 0 Å². The third-order valence-corrected chi connectivity index (χ3v) is 5.15. The second-order valence-electron chi connectivity index (χ2n) is 5.84. The van der Waals surface area contributed by atoms with Crippen molar-refractivity contribution in [1.29, 1.82) is 0 Å². The minimum atomic E-state index is -0.106. The summed E-state index contributed by atoms with van der Waals surface area (Å²) >= 11 is 1.66. The van der Waals surface area contributed by atoms with Crippen LogP contribution in [0.2, 0.25) is 0 Å². The maximum Gasteiger partial charge on any atom is 0.255 e. The van der Waals surface area contributed by atoms with Crippen molar-refractivity contribution in [1.82, 2.24) is 4.98 Å². The SMILES string of the molecule is Cc1ccc(-c2nc3ccccc3s2)cc1NC(=O)c1ccccc1. The number of anilines is 1. The Kier molecular flexibility index (Phi) is 4.04.